The molecule has 2 aromatic heterocycles. The monoisotopic (exact) mass is 340 g/mol. The average molecular weight is 341 g/mol. The summed E-state index contributed by atoms with van der Waals surface area (Å²) in [4.78, 5) is 10.0. The molecule has 102 valence electrons. The molecule has 0 aromatic carbocycles. The van der Waals surface area contributed by atoms with Crippen molar-refractivity contribution in [3.8, 4) is 0 Å². The van der Waals surface area contributed by atoms with E-state index in [1.807, 2.05) is 13.0 Å². The smallest absolute Gasteiger partial charge is 0.132 e. The first-order chi connectivity index (χ1) is 9.19. The van der Waals surface area contributed by atoms with Crippen molar-refractivity contribution in [1.29, 1.82) is 0 Å². The van der Waals surface area contributed by atoms with E-state index in [1.54, 1.807) is 11.3 Å². The summed E-state index contributed by atoms with van der Waals surface area (Å²) in [5, 5.41) is 8.69. The van der Waals surface area contributed by atoms with Crippen LogP contribution in [0.1, 0.15) is 24.0 Å². The Labute approximate surface area is 125 Å². The van der Waals surface area contributed by atoms with Gasteiger partial charge in [-0.25, -0.2) is 9.97 Å². The zero-order chi connectivity index (χ0) is 13.7. The topological polar surface area (TPSA) is 49.8 Å². The number of hydrogen-bond acceptors (Lipinski definition) is 5. The Hall–Kier alpha value is -1.14. The van der Waals surface area contributed by atoms with E-state index in [0.29, 0.717) is 0 Å². The first-order valence-corrected chi connectivity index (χ1v) is 7.91. The second-order valence-corrected chi connectivity index (χ2v) is 6.01. The van der Waals surface area contributed by atoms with E-state index in [4.69, 9.17) is 0 Å². The summed E-state index contributed by atoms with van der Waals surface area (Å²) in [6.07, 6.45) is 1.08. The van der Waals surface area contributed by atoms with Crippen LogP contribution in [0, 0.1) is 6.92 Å². The van der Waals surface area contributed by atoms with Crippen LogP contribution in [0.3, 0.4) is 0 Å². The van der Waals surface area contributed by atoms with Crippen molar-refractivity contribution in [1.82, 2.24) is 9.97 Å². The van der Waals surface area contributed by atoms with Gasteiger partial charge in [-0.2, -0.15) is 0 Å². The van der Waals surface area contributed by atoms with E-state index < -0.39 is 0 Å². The minimum absolute atomic E-state index is 0.766. The molecule has 0 bridgehead atoms. The number of aromatic nitrogens is 2. The Kier molecular flexibility index (Phi) is 5.15. The van der Waals surface area contributed by atoms with Crippen LogP contribution in [-0.4, -0.2) is 16.5 Å². The van der Waals surface area contributed by atoms with Gasteiger partial charge in [-0.05, 0) is 40.7 Å². The number of hydrogen-bond donors (Lipinski definition) is 2. The van der Waals surface area contributed by atoms with Gasteiger partial charge in [-0.3, -0.25) is 0 Å². The Morgan fingerprint density at radius 2 is 2.00 bits per heavy atom. The highest BCUT2D eigenvalue weighted by atomic mass is 79.9. The predicted octanol–water partition coefficient (Wildman–Crippen LogP) is 4.04. The molecule has 0 radical (unpaired) electrons. The van der Waals surface area contributed by atoms with E-state index in [2.05, 4.69) is 54.9 Å². The van der Waals surface area contributed by atoms with Crippen molar-refractivity contribution < 1.29 is 0 Å². The van der Waals surface area contributed by atoms with E-state index in [1.165, 1.54) is 4.88 Å². The highest BCUT2D eigenvalue weighted by molar-refractivity contribution is 9.10. The molecule has 0 spiro atoms. The third kappa shape index (κ3) is 4.18. The van der Waals surface area contributed by atoms with Gasteiger partial charge in [0.15, 0.2) is 0 Å². The van der Waals surface area contributed by atoms with Crippen LogP contribution in [0.2, 0.25) is 0 Å². The molecule has 4 nitrogen and oxygen atoms in total. The van der Waals surface area contributed by atoms with Gasteiger partial charge in [0.05, 0.1) is 6.54 Å². The van der Waals surface area contributed by atoms with Crippen molar-refractivity contribution in [2.24, 2.45) is 0 Å². The van der Waals surface area contributed by atoms with Crippen molar-refractivity contribution in [3.05, 3.63) is 32.7 Å². The fraction of sp³-hybridized carbons (Fsp3) is 0.385. The quantitative estimate of drug-likeness (QED) is 0.832. The number of nitrogens with zero attached hydrogens (tertiary/aromatic N) is 2. The summed E-state index contributed by atoms with van der Waals surface area (Å²) in [5.41, 5.74) is 0. The van der Waals surface area contributed by atoms with Crippen molar-refractivity contribution in [2.75, 3.05) is 17.2 Å². The summed E-state index contributed by atoms with van der Waals surface area (Å²) in [6.45, 7) is 5.73. The van der Waals surface area contributed by atoms with Crippen LogP contribution in [0.4, 0.5) is 11.6 Å². The maximum Gasteiger partial charge on any atom is 0.132 e. The molecule has 19 heavy (non-hydrogen) atoms. The van der Waals surface area contributed by atoms with Gasteiger partial charge in [0.2, 0.25) is 0 Å². The Balaban J connectivity index is 2.03. The second-order valence-electron chi connectivity index (χ2n) is 4.16. The fourth-order valence-corrected chi connectivity index (χ4v) is 3.06. The van der Waals surface area contributed by atoms with Gasteiger partial charge in [0.1, 0.15) is 17.5 Å². The molecule has 2 heterocycles. The maximum absolute atomic E-state index is 4.40. The van der Waals surface area contributed by atoms with Gasteiger partial charge in [-0.15, -0.1) is 11.3 Å². The lowest BCUT2D eigenvalue weighted by molar-refractivity contribution is 0.951. The van der Waals surface area contributed by atoms with E-state index in [0.717, 1.165) is 41.4 Å². The Bertz CT molecular complexity index is 541. The number of anilines is 2. The Morgan fingerprint density at radius 1 is 1.26 bits per heavy atom. The van der Waals surface area contributed by atoms with Crippen LogP contribution < -0.4 is 10.6 Å². The first kappa shape index (κ1) is 14.3. The van der Waals surface area contributed by atoms with Crippen LogP contribution >= 0.6 is 27.3 Å². The molecular weight excluding hydrogens is 324 g/mol. The second kappa shape index (κ2) is 6.86. The summed E-state index contributed by atoms with van der Waals surface area (Å²) >= 11 is 5.25. The van der Waals surface area contributed by atoms with Gasteiger partial charge in [-0.1, -0.05) is 6.92 Å². The first-order valence-electron chi connectivity index (χ1n) is 6.24. The van der Waals surface area contributed by atoms with Crippen LogP contribution in [0.5, 0.6) is 0 Å². The highest BCUT2D eigenvalue weighted by Crippen LogP contribution is 2.23. The van der Waals surface area contributed by atoms with Crippen LogP contribution in [0.15, 0.2) is 22.0 Å². The molecule has 6 heteroatoms. The molecule has 0 saturated carbocycles. The Morgan fingerprint density at radius 3 is 2.63 bits per heavy atom. The number of thiophene rings is 1. The molecule has 0 saturated heterocycles. The largest absolute Gasteiger partial charge is 0.370 e. The zero-order valence-electron chi connectivity index (χ0n) is 11.0. The molecule has 0 amide bonds. The lowest BCUT2D eigenvalue weighted by atomic mass is 10.4. The number of aryl methyl sites for hydroxylation is 1. The standard InChI is InChI=1S/C13H17BrN4S/c1-3-5-15-12-7-13(18-9(2)17-12)16-8-11-10(14)4-6-19-11/h4,6-7H,3,5,8H2,1-2H3,(H2,15,16,17,18). The summed E-state index contributed by atoms with van der Waals surface area (Å²) in [6, 6.07) is 4.01. The van der Waals surface area contributed by atoms with Gasteiger partial charge >= 0.3 is 0 Å². The van der Waals surface area contributed by atoms with Crippen molar-refractivity contribution in [3.63, 3.8) is 0 Å². The average Bonchev–Trinajstić information content (AvgIpc) is 2.79. The van der Waals surface area contributed by atoms with Gasteiger partial charge in [0, 0.05) is 22.0 Å². The molecule has 2 aromatic rings. The van der Waals surface area contributed by atoms with Crippen LogP contribution in [0.25, 0.3) is 0 Å². The van der Waals surface area contributed by atoms with Crippen LogP contribution in [-0.2, 0) is 6.54 Å². The van der Waals surface area contributed by atoms with Gasteiger partial charge < -0.3 is 10.6 Å². The summed E-state index contributed by atoms with van der Waals surface area (Å²) in [5.74, 6) is 2.50. The third-order valence-electron chi connectivity index (χ3n) is 2.52. The van der Waals surface area contributed by atoms with Gasteiger partial charge in [0.25, 0.3) is 0 Å². The molecule has 0 atom stereocenters. The van der Waals surface area contributed by atoms with E-state index in [-0.39, 0.29) is 0 Å². The molecule has 2 rings (SSSR count). The SMILES string of the molecule is CCCNc1cc(NCc2sccc2Br)nc(C)n1. The number of nitrogens with one attached hydrogen (secondary N) is 2. The summed E-state index contributed by atoms with van der Waals surface area (Å²) in [7, 11) is 0. The zero-order valence-corrected chi connectivity index (χ0v) is 13.4. The molecule has 0 aliphatic rings. The lowest BCUT2D eigenvalue weighted by Crippen LogP contribution is -2.07. The number of rotatable bonds is 6. The molecule has 0 aliphatic heterocycles. The van der Waals surface area contributed by atoms with E-state index in [9.17, 15) is 0 Å². The third-order valence-corrected chi connectivity index (χ3v) is 4.44. The molecule has 0 aliphatic carbocycles. The van der Waals surface area contributed by atoms with Crippen molar-refractivity contribution >= 4 is 38.9 Å². The lowest BCUT2D eigenvalue weighted by Gasteiger charge is -2.09. The maximum atomic E-state index is 4.40. The molecule has 0 unspecified atom stereocenters. The fourth-order valence-electron chi connectivity index (χ4n) is 1.62. The van der Waals surface area contributed by atoms with Crippen molar-refractivity contribution in [2.45, 2.75) is 26.8 Å². The minimum atomic E-state index is 0.766. The minimum Gasteiger partial charge on any atom is -0.370 e. The summed E-state index contributed by atoms with van der Waals surface area (Å²) < 4.78 is 1.14. The van der Waals surface area contributed by atoms with E-state index >= 15 is 0 Å². The molecule has 0 fully saturated rings. The molecular formula is C13H17BrN4S. The highest BCUT2D eigenvalue weighted by Gasteiger charge is 2.04. The number of halogens is 1. The predicted molar refractivity (Wildman–Crippen MR) is 84.9 cm³/mol. The normalized spacial score (nSPS) is 10.5. The molecule has 2 N–H and O–H groups in total.